The van der Waals surface area contributed by atoms with Gasteiger partial charge in [0.2, 0.25) is 0 Å². The van der Waals surface area contributed by atoms with Gasteiger partial charge < -0.3 is 0 Å². The quantitative estimate of drug-likeness (QED) is 0.398. The summed E-state index contributed by atoms with van der Waals surface area (Å²) in [6.45, 7) is 15.2. The van der Waals surface area contributed by atoms with Gasteiger partial charge in [-0.25, -0.2) is 0 Å². The monoisotopic (exact) mass is 227 g/mol. The van der Waals surface area contributed by atoms with E-state index in [0.29, 0.717) is 0 Å². The fourth-order valence-electron chi connectivity index (χ4n) is 2.33. The van der Waals surface area contributed by atoms with Crippen LogP contribution in [0.2, 0.25) is 0 Å². The highest BCUT2D eigenvalue weighted by molar-refractivity contribution is 5.10. The van der Waals surface area contributed by atoms with Crippen LogP contribution in [0.4, 0.5) is 0 Å². The molecule has 3 N–H and O–H groups in total. The van der Waals surface area contributed by atoms with E-state index >= 15 is 0 Å². The van der Waals surface area contributed by atoms with E-state index in [9.17, 15) is 0 Å². The molecular formula is C13H29N3. The van der Waals surface area contributed by atoms with Crippen LogP contribution in [-0.2, 0) is 0 Å². The molecule has 0 saturated carbocycles. The van der Waals surface area contributed by atoms with Crippen molar-refractivity contribution >= 4 is 0 Å². The van der Waals surface area contributed by atoms with E-state index in [1.807, 2.05) is 0 Å². The molecule has 0 bridgehead atoms. The number of hydrogen-bond acceptors (Lipinski definition) is 3. The molecule has 0 fully saturated rings. The second-order valence-electron chi connectivity index (χ2n) is 4.77. The summed E-state index contributed by atoms with van der Waals surface area (Å²) in [5.74, 6) is 5.71. The third-order valence-corrected chi connectivity index (χ3v) is 3.55. The van der Waals surface area contributed by atoms with Crippen molar-refractivity contribution in [1.29, 1.82) is 0 Å². The van der Waals surface area contributed by atoms with Crippen LogP contribution in [0.15, 0.2) is 11.6 Å². The Morgan fingerprint density at radius 3 is 2.06 bits per heavy atom. The minimum atomic E-state index is 0.0789. The summed E-state index contributed by atoms with van der Waals surface area (Å²) in [5.41, 5.74) is 4.34. The first kappa shape index (κ1) is 15.6. The van der Waals surface area contributed by atoms with Crippen molar-refractivity contribution in [2.24, 2.45) is 5.84 Å². The van der Waals surface area contributed by atoms with Gasteiger partial charge in [-0.3, -0.25) is 16.2 Å². The molecule has 16 heavy (non-hydrogen) atoms. The average Bonchev–Trinajstić information content (AvgIpc) is 2.26. The smallest absolute Gasteiger partial charge is 0.0574 e. The van der Waals surface area contributed by atoms with E-state index in [2.05, 4.69) is 57.9 Å². The zero-order valence-electron chi connectivity index (χ0n) is 11.8. The van der Waals surface area contributed by atoms with Crippen molar-refractivity contribution in [2.45, 2.75) is 59.5 Å². The van der Waals surface area contributed by atoms with E-state index in [1.165, 1.54) is 5.57 Å². The van der Waals surface area contributed by atoms with Gasteiger partial charge in [-0.05, 0) is 40.3 Å². The highest BCUT2D eigenvalue weighted by Crippen LogP contribution is 2.24. The first-order valence-electron chi connectivity index (χ1n) is 6.32. The van der Waals surface area contributed by atoms with Crippen LogP contribution in [0.3, 0.4) is 0 Å². The molecule has 0 aromatic heterocycles. The predicted octanol–water partition coefficient (Wildman–Crippen LogP) is 2.29. The zero-order valence-corrected chi connectivity index (χ0v) is 11.8. The van der Waals surface area contributed by atoms with Crippen LogP contribution in [0, 0.1) is 0 Å². The molecule has 3 heteroatoms. The van der Waals surface area contributed by atoms with Crippen molar-refractivity contribution in [3.63, 3.8) is 0 Å². The Hall–Kier alpha value is -0.380. The summed E-state index contributed by atoms with van der Waals surface area (Å²) in [7, 11) is 0. The molecule has 0 aliphatic carbocycles. The van der Waals surface area contributed by atoms with E-state index in [1.54, 1.807) is 0 Å². The number of allylic oxidation sites excluding steroid dienone is 1. The standard InChI is InChI=1S/C13H29N3/c1-7-13(6,16(8-2)9-3)12(15-14)10-11(4)5/h10,12,15H,7-9,14H2,1-6H3. The molecule has 0 amide bonds. The molecule has 0 aliphatic heterocycles. The van der Waals surface area contributed by atoms with Gasteiger partial charge in [0.15, 0.2) is 0 Å². The molecule has 0 spiro atoms. The van der Waals surface area contributed by atoms with E-state index in [0.717, 1.165) is 19.5 Å². The normalized spacial score (nSPS) is 17.0. The van der Waals surface area contributed by atoms with Crippen molar-refractivity contribution in [1.82, 2.24) is 10.3 Å². The van der Waals surface area contributed by atoms with E-state index < -0.39 is 0 Å². The third-order valence-electron chi connectivity index (χ3n) is 3.55. The molecule has 0 aromatic carbocycles. The van der Waals surface area contributed by atoms with E-state index in [4.69, 9.17) is 5.84 Å². The Bertz CT molecular complexity index is 217. The fourth-order valence-corrected chi connectivity index (χ4v) is 2.33. The molecule has 0 radical (unpaired) electrons. The number of nitrogens with zero attached hydrogens (tertiary/aromatic N) is 1. The fraction of sp³-hybridized carbons (Fsp3) is 0.846. The minimum absolute atomic E-state index is 0.0789. The van der Waals surface area contributed by atoms with Crippen molar-refractivity contribution in [2.75, 3.05) is 13.1 Å². The molecule has 0 aromatic rings. The first-order valence-corrected chi connectivity index (χ1v) is 6.32. The molecule has 0 aliphatic rings. The van der Waals surface area contributed by atoms with Crippen molar-refractivity contribution in [3.8, 4) is 0 Å². The molecule has 2 unspecified atom stereocenters. The first-order chi connectivity index (χ1) is 7.46. The molecule has 0 heterocycles. The molecular weight excluding hydrogens is 198 g/mol. The zero-order chi connectivity index (χ0) is 12.8. The number of hydrazine groups is 1. The Balaban J connectivity index is 5.09. The number of rotatable bonds is 7. The average molecular weight is 227 g/mol. The maximum atomic E-state index is 5.71. The molecule has 2 atom stereocenters. The summed E-state index contributed by atoms with van der Waals surface area (Å²) in [6, 6.07) is 0.197. The lowest BCUT2D eigenvalue weighted by Crippen LogP contribution is -2.60. The maximum absolute atomic E-state index is 5.71. The lowest BCUT2D eigenvalue weighted by Gasteiger charge is -2.44. The van der Waals surface area contributed by atoms with Gasteiger partial charge in [0, 0.05) is 5.54 Å². The largest absolute Gasteiger partial charge is 0.297 e. The minimum Gasteiger partial charge on any atom is -0.297 e. The Morgan fingerprint density at radius 2 is 1.81 bits per heavy atom. The molecule has 96 valence electrons. The van der Waals surface area contributed by atoms with Crippen LogP contribution >= 0.6 is 0 Å². The second-order valence-corrected chi connectivity index (χ2v) is 4.77. The number of likely N-dealkylation sites (N-methyl/N-ethyl adjacent to an activating group) is 1. The summed E-state index contributed by atoms with van der Waals surface area (Å²) < 4.78 is 0. The second kappa shape index (κ2) is 7.05. The van der Waals surface area contributed by atoms with Gasteiger partial charge in [-0.15, -0.1) is 0 Å². The molecule has 0 rings (SSSR count). The highest BCUT2D eigenvalue weighted by Gasteiger charge is 2.34. The van der Waals surface area contributed by atoms with Crippen LogP contribution in [0.5, 0.6) is 0 Å². The molecule has 0 saturated heterocycles. The Labute approximate surface area is 101 Å². The van der Waals surface area contributed by atoms with Gasteiger partial charge >= 0.3 is 0 Å². The van der Waals surface area contributed by atoms with Crippen molar-refractivity contribution < 1.29 is 0 Å². The number of nitrogens with two attached hydrogens (primary N) is 1. The maximum Gasteiger partial charge on any atom is 0.0574 e. The topological polar surface area (TPSA) is 41.3 Å². The van der Waals surface area contributed by atoms with E-state index in [-0.39, 0.29) is 11.6 Å². The number of nitrogens with one attached hydrogen (secondary N) is 1. The summed E-state index contributed by atoms with van der Waals surface area (Å²) in [4.78, 5) is 2.47. The lowest BCUT2D eigenvalue weighted by molar-refractivity contribution is 0.0862. The lowest BCUT2D eigenvalue weighted by atomic mass is 9.86. The summed E-state index contributed by atoms with van der Waals surface area (Å²) in [5, 5.41) is 0. The third kappa shape index (κ3) is 3.58. The SMILES string of the molecule is CCN(CC)C(C)(CC)C(C=C(C)C)NN. The Kier molecular flexibility index (Phi) is 6.88. The summed E-state index contributed by atoms with van der Waals surface area (Å²) >= 11 is 0. The summed E-state index contributed by atoms with van der Waals surface area (Å²) in [6.07, 6.45) is 3.30. The molecule has 3 nitrogen and oxygen atoms in total. The number of hydrogen-bond donors (Lipinski definition) is 2. The van der Waals surface area contributed by atoms with Gasteiger partial charge in [0.05, 0.1) is 6.04 Å². The predicted molar refractivity (Wildman–Crippen MR) is 72.2 cm³/mol. The van der Waals surface area contributed by atoms with Crippen LogP contribution in [-0.4, -0.2) is 29.6 Å². The highest BCUT2D eigenvalue weighted by atomic mass is 15.3. The van der Waals surface area contributed by atoms with Gasteiger partial charge in [-0.2, -0.15) is 0 Å². The van der Waals surface area contributed by atoms with Crippen LogP contribution in [0.1, 0.15) is 48.0 Å². The van der Waals surface area contributed by atoms with Crippen LogP contribution in [0.25, 0.3) is 0 Å². The van der Waals surface area contributed by atoms with Crippen LogP contribution < -0.4 is 11.3 Å². The Morgan fingerprint density at radius 1 is 1.31 bits per heavy atom. The van der Waals surface area contributed by atoms with Gasteiger partial charge in [0.1, 0.15) is 0 Å². The van der Waals surface area contributed by atoms with Crippen molar-refractivity contribution in [3.05, 3.63) is 11.6 Å². The van der Waals surface area contributed by atoms with Gasteiger partial charge in [-0.1, -0.05) is 32.4 Å². The van der Waals surface area contributed by atoms with Gasteiger partial charge in [0.25, 0.3) is 0 Å².